The number of terminal acetylenes is 1. The molecule has 2 rings (SSSR count). The minimum Gasteiger partial charge on any atom is -0.389 e. The molecule has 2 fully saturated rings. The lowest BCUT2D eigenvalue weighted by molar-refractivity contribution is -0.313. The zero-order chi connectivity index (χ0) is 11.6. The minimum absolute atomic E-state index is 0.0508. The lowest BCUT2D eigenvalue weighted by Gasteiger charge is -2.49. The Bertz CT molecular complexity index is 279. The molecule has 1 N–H and O–H groups in total. The molecule has 0 spiro atoms. The van der Waals surface area contributed by atoms with E-state index in [9.17, 15) is 5.11 Å². The minimum atomic E-state index is -0.557. The Morgan fingerprint density at radius 3 is 2.69 bits per heavy atom. The summed E-state index contributed by atoms with van der Waals surface area (Å²) in [5, 5.41) is 10.6. The van der Waals surface area contributed by atoms with E-state index in [1.807, 2.05) is 6.11 Å². The molecule has 3 heteroatoms. The smallest absolute Gasteiger partial charge is 0.153 e. The normalized spacial score (nSPS) is 43.2. The molecule has 16 heavy (non-hydrogen) atoms. The lowest BCUT2D eigenvalue weighted by atomic mass is 9.62. The molecule has 0 amide bonds. The highest BCUT2D eigenvalue weighted by Crippen LogP contribution is 2.47. The van der Waals surface area contributed by atoms with Crippen molar-refractivity contribution >= 4 is 0 Å². The van der Waals surface area contributed by atoms with Crippen LogP contribution in [0.5, 0.6) is 0 Å². The van der Waals surface area contributed by atoms with Crippen LogP contribution in [-0.4, -0.2) is 16.8 Å². The molecule has 2 aliphatic carbocycles. The Morgan fingerprint density at radius 1 is 1.31 bits per heavy atom. The van der Waals surface area contributed by atoms with Crippen LogP contribution in [0.1, 0.15) is 45.4 Å². The van der Waals surface area contributed by atoms with Crippen LogP contribution in [0.25, 0.3) is 0 Å². The van der Waals surface area contributed by atoms with Crippen LogP contribution in [0.15, 0.2) is 0 Å². The third kappa shape index (κ3) is 2.05. The van der Waals surface area contributed by atoms with Gasteiger partial charge in [-0.15, -0.1) is 0 Å². The Labute approximate surface area is 97.1 Å². The first-order valence-corrected chi connectivity index (χ1v) is 6.18. The van der Waals surface area contributed by atoms with Crippen molar-refractivity contribution < 1.29 is 14.9 Å². The number of rotatable bonds is 2. The molecule has 0 bridgehead atoms. The number of aliphatic hydroxyl groups is 1. The van der Waals surface area contributed by atoms with Gasteiger partial charge in [-0.1, -0.05) is 26.2 Å². The van der Waals surface area contributed by atoms with Gasteiger partial charge in [0.05, 0.1) is 5.60 Å². The fraction of sp³-hybridized carbons (Fsp3) is 0.846. The van der Waals surface area contributed by atoms with E-state index < -0.39 is 5.60 Å². The van der Waals surface area contributed by atoms with E-state index in [4.69, 9.17) is 11.3 Å². The molecule has 90 valence electrons. The second-order valence-electron chi connectivity index (χ2n) is 5.23. The van der Waals surface area contributed by atoms with Gasteiger partial charge in [0.1, 0.15) is 6.10 Å². The molecule has 3 nitrogen and oxygen atoms in total. The summed E-state index contributed by atoms with van der Waals surface area (Å²) >= 11 is 0. The van der Waals surface area contributed by atoms with Gasteiger partial charge in [-0.25, -0.2) is 0 Å². The number of fused-ring (bicyclic) bond motifs is 1. The van der Waals surface area contributed by atoms with E-state index in [2.05, 4.69) is 11.8 Å². The van der Waals surface area contributed by atoms with Crippen molar-refractivity contribution in [2.45, 2.75) is 57.2 Å². The Hall–Kier alpha value is -0.720. The Morgan fingerprint density at radius 2 is 2.00 bits per heavy atom. The second-order valence-corrected chi connectivity index (χ2v) is 5.23. The van der Waals surface area contributed by atoms with Crippen LogP contribution in [0.2, 0.25) is 0 Å². The summed E-state index contributed by atoms with van der Waals surface area (Å²) in [7, 11) is 0. The maximum atomic E-state index is 10.6. The SMILES string of the molecule is C#COOC1CCCC2(O)CCCC(C)C12. The summed E-state index contributed by atoms with van der Waals surface area (Å²) in [6, 6.07) is 0. The summed E-state index contributed by atoms with van der Waals surface area (Å²) in [5.41, 5.74) is -0.557. The molecule has 2 aliphatic rings. The van der Waals surface area contributed by atoms with Crippen molar-refractivity contribution in [3.63, 3.8) is 0 Å². The quantitative estimate of drug-likeness (QED) is 0.444. The van der Waals surface area contributed by atoms with Crippen molar-refractivity contribution in [2.75, 3.05) is 0 Å². The molecule has 0 heterocycles. The molecule has 4 unspecified atom stereocenters. The molecular weight excluding hydrogens is 204 g/mol. The van der Waals surface area contributed by atoms with E-state index in [0.717, 1.165) is 38.5 Å². The van der Waals surface area contributed by atoms with Crippen molar-refractivity contribution in [2.24, 2.45) is 11.8 Å². The van der Waals surface area contributed by atoms with Crippen molar-refractivity contribution in [1.29, 1.82) is 0 Å². The van der Waals surface area contributed by atoms with Crippen LogP contribution in [-0.2, 0) is 9.78 Å². The molecule has 0 radical (unpaired) electrons. The predicted molar refractivity (Wildman–Crippen MR) is 60.1 cm³/mol. The molecular formula is C13H20O3. The monoisotopic (exact) mass is 224 g/mol. The van der Waals surface area contributed by atoms with E-state index in [1.54, 1.807) is 0 Å². The third-order valence-electron chi connectivity index (χ3n) is 4.22. The molecule has 4 atom stereocenters. The summed E-state index contributed by atoms with van der Waals surface area (Å²) < 4.78 is 0. The zero-order valence-corrected chi connectivity index (χ0v) is 9.82. The maximum Gasteiger partial charge on any atom is 0.153 e. The Balaban J connectivity index is 2.11. The fourth-order valence-electron chi connectivity index (χ4n) is 3.60. The van der Waals surface area contributed by atoms with E-state index in [-0.39, 0.29) is 12.0 Å². The average molecular weight is 224 g/mol. The highest BCUT2D eigenvalue weighted by molar-refractivity contribution is 4.99. The largest absolute Gasteiger partial charge is 0.389 e. The van der Waals surface area contributed by atoms with Gasteiger partial charge in [0.2, 0.25) is 0 Å². The van der Waals surface area contributed by atoms with Gasteiger partial charge in [-0.3, -0.25) is 4.89 Å². The zero-order valence-electron chi connectivity index (χ0n) is 9.82. The molecule has 0 aromatic carbocycles. The van der Waals surface area contributed by atoms with E-state index >= 15 is 0 Å². The van der Waals surface area contributed by atoms with Gasteiger partial charge in [-0.05, 0) is 31.6 Å². The molecule has 0 aromatic rings. The van der Waals surface area contributed by atoms with Crippen molar-refractivity contribution in [3.8, 4) is 12.5 Å². The Kier molecular flexibility index (Phi) is 3.41. The summed E-state index contributed by atoms with van der Waals surface area (Å²) in [6.07, 6.45) is 13.0. The van der Waals surface area contributed by atoms with Gasteiger partial charge in [0.15, 0.2) is 6.11 Å². The molecule has 0 saturated heterocycles. The van der Waals surface area contributed by atoms with Gasteiger partial charge in [0, 0.05) is 5.92 Å². The second kappa shape index (κ2) is 4.65. The highest BCUT2D eigenvalue weighted by atomic mass is 17.2. The van der Waals surface area contributed by atoms with Gasteiger partial charge < -0.3 is 5.11 Å². The number of hydrogen-bond acceptors (Lipinski definition) is 3. The molecule has 0 aromatic heterocycles. The van der Waals surface area contributed by atoms with Crippen LogP contribution < -0.4 is 0 Å². The summed E-state index contributed by atoms with van der Waals surface area (Å²) in [5.74, 6) is 0.647. The summed E-state index contributed by atoms with van der Waals surface area (Å²) in [6.45, 7) is 2.19. The predicted octanol–water partition coefficient (Wildman–Crippen LogP) is 2.25. The van der Waals surface area contributed by atoms with E-state index in [0.29, 0.717) is 5.92 Å². The third-order valence-corrected chi connectivity index (χ3v) is 4.22. The standard InChI is InChI=1S/C13H20O3/c1-3-15-16-11-7-5-9-13(14)8-4-6-10(2)12(11)13/h1,10-12,14H,4-9H2,2H3. The molecule has 0 aliphatic heterocycles. The van der Waals surface area contributed by atoms with Crippen LogP contribution in [0, 0.1) is 24.4 Å². The van der Waals surface area contributed by atoms with Gasteiger partial charge >= 0.3 is 0 Å². The highest BCUT2D eigenvalue weighted by Gasteiger charge is 2.49. The van der Waals surface area contributed by atoms with Crippen LogP contribution in [0.4, 0.5) is 0 Å². The van der Waals surface area contributed by atoms with E-state index in [1.165, 1.54) is 0 Å². The van der Waals surface area contributed by atoms with Crippen LogP contribution >= 0.6 is 0 Å². The first-order chi connectivity index (χ1) is 7.67. The van der Waals surface area contributed by atoms with Gasteiger partial charge in [-0.2, -0.15) is 4.89 Å². The first-order valence-electron chi connectivity index (χ1n) is 6.18. The fourth-order valence-corrected chi connectivity index (χ4v) is 3.60. The average Bonchev–Trinajstić information content (AvgIpc) is 2.25. The van der Waals surface area contributed by atoms with Gasteiger partial charge in [0.25, 0.3) is 0 Å². The van der Waals surface area contributed by atoms with Crippen LogP contribution in [0.3, 0.4) is 0 Å². The lowest BCUT2D eigenvalue weighted by Crippen LogP contribution is -2.53. The topological polar surface area (TPSA) is 38.7 Å². The molecule has 2 saturated carbocycles. The van der Waals surface area contributed by atoms with Crippen molar-refractivity contribution in [1.82, 2.24) is 0 Å². The first kappa shape index (κ1) is 11.8. The summed E-state index contributed by atoms with van der Waals surface area (Å²) in [4.78, 5) is 9.87. The van der Waals surface area contributed by atoms with Crippen molar-refractivity contribution in [3.05, 3.63) is 0 Å². The number of hydrogen-bond donors (Lipinski definition) is 1. The maximum absolute atomic E-state index is 10.6.